The lowest BCUT2D eigenvalue weighted by Gasteiger charge is -2.11. The van der Waals surface area contributed by atoms with E-state index in [4.69, 9.17) is 9.47 Å². The van der Waals surface area contributed by atoms with Crippen molar-refractivity contribution in [2.24, 2.45) is 0 Å². The number of aryl methyl sites for hydroxylation is 1. The number of benzene rings is 1. The van der Waals surface area contributed by atoms with E-state index in [9.17, 15) is 4.79 Å². The standard InChI is InChI=1S/C21H21N3O3/c1-4-5-18(12-21(25)26-3)17-7-9-19(10-8-17)27-14-16-6-11-20-22-15(2)23-24(20)13-16/h6-11,13,18H,12,14H2,1-3H3. The first kappa shape index (κ1) is 18.5. The van der Waals surface area contributed by atoms with Crippen LogP contribution in [0.3, 0.4) is 0 Å². The second-order valence-electron chi connectivity index (χ2n) is 6.08. The Labute approximate surface area is 158 Å². The van der Waals surface area contributed by atoms with E-state index < -0.39 is 0 Å². The molecule has 27 heavy (non-hydrogen) atoms. The molecule has 6 heteroatoms. The lowest BCUT2D eigenvalue weighted by Crippen LogP contribution is -2.07. The Balaban J connectivity index is 1.66. The van der Waals surface area contributed by atoms with Gasteiger partial charge in [-0.25, -0.2) is 9.50 Å². The van der Waals surface area contributed by atoms with Gasteiger partial charge in [0.2, 0.25) is 0 Å². The number of carbonyl (C=O) groups excluding carboxylic acids is 1. The highest BCUT2D eigenvalue weighted by Gasteiger charge is 2.14. The van der Waals surface area contributed by atoms with Gasteiger partial charge in [-0.05, 0) is 37.6 Å². The molecule has 6 nitrogen and oxygen atoms in total. The van der Waals surface area contributed by atoms with Crippen LogP contribution >= 0.6 is 0 Å². The maximum atomic E-state index is 11.6. The van der Waals surface area contributed by atoms with Crippen LogP contribution in [0.25, 0.3) is 5.65 Å². The van der Waals surface area contributed by atoms with Crippen molar-refractivity contribution < 1.29 is 14.3 Å². The molecule has 2 heterocycles. The molecule has 0 aliphatic rings. The zero-order valence-electron chi connectivity index (χ0n) is 15.6. The Morgan fingerprint density at radius 2 is 2.00 bits per heavy atom. The quantitative estimate of drug-likeness (QED) is 0.497. The smallest absolute Gasteiger partial charge is 0.307 e. The summed E-state index contributed by atoms with van der Waals surface area (Å²) in [7, 11) is 1.38. The molecule has 2 aromatic heterocycles. The van der Waals surface area contributed by atoms with Crippen molar-refractivity contribution in [2.45, 2.75) is 32.8 Å². The van der Waals surface area contributed by atoms with E-state index in [1.165, 1.54) is 7.11 Å². The molecule has 1 atom stereocenters. The van der Waals surface area contributed by atoms with Crippen LogP contribution < -0.4 is 4.74 Å². The number of nitrogens with zero attached hydrogens (tertiary/aromatic N) is 3. The number of hydrogen-bond acceptors (Lipinski definition) is 5. The van der Waals surface area contributed by atoms with Gasteiger partial charge in [-0.1, -0.05) is 24.1 Å². The van der Waals surface area contributed by atoms with Crippen LogP contribution in [-0.4, -0.2) is 27.7 Å². The van der Waals surface area contributed by atoms with E-state index in [1.54, 1.807) is 11.4 Å². The van der Waals surface area contributed by atoms with Gasteiger partial charge in [0.15, 0.2) is 5.65 Å². The highest BCUT2D eigenvalue weighted by Crippen LogP contribution is 2.23. The van der Waals surface area contributed by atoms with Gasteiger partial charge in [-0.15, -0.1) is 5.92 Å². The fourth-order valence-corrected chi connectivity index (χ4v) is 2.76. The highest BCUT2D eigenvalue weighted by atomic mass is 16.5. The van der Waals surface area contributed by atoms with Crippen molar-refractivity contribution in [1.29, 1.82) is 0 Å². The SMILES string of the molecule is CC#CC(CC(=O)OC)c1ccc(OCc2ccc3nc(C)nn3c2)cc1. The largest absolute Gasteiger partial charge is 0.489 e. The number of hydrogen-bond donors (Lipinski definition) is 0. The minimum atomic E-state index is -0.276. The topological polar surface area (TPSA) is 65.7 Å². The monoisotopic (exact) mass is 363 g/mol. The van der Waals surface area contributed by atoms with Gasteiger partial charge < -0.3 is 9.47 Å². The number of esters is 1. The molecule has 0 bridgehead atoms. The van der Waals surface area contributed by atoms with Gasteiger partial charge in [-0.2, -0.15) is 5.10 Å². The molecule has 0 aliphatic carbocycles. The van der Waals surface area contributed by atoms with E-state index in [0.717, 1.165) is 28.3 Å². The summed E-state index contributed by atoms with van der Waals surface area (Å²) in [6.07, 6.45) is 2.14. The van der Waals surface area contributed by atoms with Crippen LogP contribution in [0.2, 0.25) is 0 Å². The third-order valence-electron chi connectivity index (χ3n) is 4.10. The van der Waals surface area contributed by atoms with Crippen molar-refractivity contribution in [3.8, 4) is 17.6 Å². The molecule has 0 amide bonds. The van der Waals surface area contributed by atoms with Gasteiger partial charge in [-0.3, -0.25) is 4.79 Å². The van der Waals surface area contributed by atoms with Gasteiger partial charge in [0.25, 0.3) is 0 Å². The molecular weight excluding hydrogens is 342 g/mol. The molecule has 1 unspecified atom stereocenters. The van der Waals surface area contributed by atoms with E-state index in [2.05, 4.69) is 21.9 Å². The van der Waals surface area contributed by atoms with Gasteiger partial charge in [0.05, 0.1) is 19.4 Å². The first-order chi connectivity index (χ1) is 13.1. The zero-order chi connectivity index (χ0) is 19.2. The molecule has 0 N–H and O–H groups in total. The van der Waals surface area contributed by atoms with Crippen LogP contribution in [0.5, 0.6) is 5.75 Å². The Morgan fingerprint density at radius 1 is 1.22 bits per heavy atom. The first-order valence-electron chi connectivity index (χ1n) is 8.63. The fraction of sp³-hybridized carbons (Fsp3) is 0.286. The fourth-order valence-electron chi connectivity index (χ4n) is 2.76. The maximum Gasteiger partial charge on any atom is 0.307 e. The van der Waals surface area contributed by atoms with Gasteiger partial charge in [0, 0.05) is 11.8 Å². The van der Waals surface area contributed by atoms with Crippen LogP contribution in [0.4, 0.5) is 0 Å². The molecule has 0 radical (unpaired) electrons. The van der Waals surface area contributed by atoms with Crippen molar-refractivity contribution in [3.63, 3.8) is 0 Å². The minimum Gasteiger partial charge on any atom is -0.489 e. The average Bonchev–Trinajstić information content (AvgIpc) is 3.05. The van der Waals surface area contributed by atoms with Crippen molar-refractivity contribution in [3.05, 3.63) is 59.5 Å². The summed E-state index contributed by atoms with van der Waals surface area (Å²) in [5, 5.41) is 4.31. The maximum absolute atomic E-state index is 11.6. The van der Waals surface area contributed by atoms with E-state index in [-0.39, 0.29) is 18.3 Å². The summed E-state index contributed by atoms with van der Waals surface area (Å²) in [5.41, 5.74) is 2.77. The molecule has 3 rings (SSSR count). The summed E-state index contributed by atoms with van der Waals surface area (Å²) >= 11 is 0. The lowest BCUT2D eigenvalue weighted by molar-refractivity contribution is -0.140. The van der Waals surface area contributed by atoms with Crippen molar-refractivity contribution >= 4 is 11.6 Å². The molecule has 0 aliphatic heterocycles. The third-order valence-corrected chi connectivity index (χ3v) is 4.10. The summed E-state index contributed by atoms with van der Waals surface area (Å²) in [5.74, 6) is 6.94. The van der Waals surface area contributed by atoms with Crippen LogP contribution in [-0.2, 0) is 16.1 Å². The van der Waals surface area contributed by atoms with Gasteiger partial charge in [0.1, 0.15) is 18.2 Å². The Kier molecular flexibility index (Phi) is 5.72. The van der Waals surface area contributed by atoms with E-state index >= 15 is 0 Å². The molecule has 1 aromatic carbocycles. The van der Waals surface area contributed by atoms with Crippen molar-refractivity contribution in [1.82, 2.24) is 14.6 Å². The van der Waals surface area contributed by atoms with E-state index in [0.29, 0.717) is 6.61 Å². The number of aromatic nitrogens is 3. The molecule has 0 fully saturated rings. The molecule has 0 saturated heterocycles. The van der Waals surface area contributed by atoms with Crippen molar-refractivity contribution in [2.75, 3.05) is 7.11 Å². The number of methoxy groups -OCH3 is 1. The first-order valence-corrected chi connectivity index (χ1v) is 8.63. The molecule has 3 aromatic rings. The normalized spacial score (nSPS) is 11.5. The average molecular weight is 363 g/mol. The molecule has 0 spiro atoms. The third kappa shape index (κ3) is 4.64. The number of pyridine rings is 1. The lowest BCUT2D eigenvalue weighted by atomic mass is 9.96. The summed E-state index contributed by atoms with van der Waals surface area (Å²) in [4.78, 5) is 15.9. The predicted molar refractivity (Wildman–Crippen MR) is 101 cm³/mol. The second kappa shape index (κ2) is 8.37. The zero-order valence-corrected chi connectivity index (χ0v) is 15.6. The Hall–Kier alpha value is -3.33. The number of ether oxygens (including phenoxy) is 2. The number of fused-ring (bicyclic) bond motifs is 1. The Bertz CT molecular complexity index is 997. The summed E-state index contributed by atoms with van der Waals surface area (Å²) in [6.45, 7) is 4.05. The second-order valence-corrected chi connectivity index (χ2v) is 6.08. The Morgan fingerprint density at radius 3 is 2.70 bits per heavy atom. The van der Waals surface area contributed by atoms with Crippen LogP contribution in [0.15, 0.2) is 42.6 Å². The van der Waals surface area contributed by atoms with Crippen LogP contribution in [0, 0.1) is 18.8 Å². The molecule has 138 valence electrons. The summed E-state index contributed by atoms with van der Waals surface area (Å²) in [6, 6.07) is 11.5. The van der Waals surface area contributed by atoms with Gasteiger partial charge >= 0.3 is 5.97 Å². The predicted octanol–water partition coefficient (Wildman–Crippen LogP) is 3.29. The van der Waals surface area contributed by atoms with E-state index in [1.807, 2.05) is 49.5 Å². The molecular formula is C21H21N3O3. The summed E-state index contributed by atoms with van der Waals surface area (Å²) < 4.78 is 12.4. The number of carbonyl (C=O) groups is 1. The highest BCUT2D eigenvalue weighted by molar-refractivity contribution is 5.71. The van der Waals surface area contributed by atoms with Crippen LogP contribution in [0.1, 0.15) is 36.2 Å². The molecule has 0 saturated carbocycles. The number of rotatable bonds is 6. The minimum absolute atomic E-state index is 0.186.